The van der Waals surface area contributed by atoms with Crippen LogP contribution in [-0.4, -0.2) is 51.4 Å². The second-order valence-electron chi connectivity index (χ2n) is 6.63. The topological polar surface area (TPSA) is 124 Å². The molecule has 0 saturated carbocycles. The highest BCUT2D eigenvalue weighted by Gasteiger charge is 2.17. The molecule has 0 unspecified atom stereocenters. The lowest BCUT2D eigenvalue weighted by Gasteiger charge is -2.08. The summed E-state index contributed by atoms with van der Waals surface area (Å²) in [6.07, 6.45) is 0. The molecule has 13 heteroatoms. The molecule has 2 heterocycles. The zero-order valence-electron chi connectivity index (χ0n) is 17.1. The maximum absolute atomic E-state index is 12.1. The minimum atomic E-state index is -0.559. The standard InChI is InChI=1S/C19H19Cl3N6O4/c1-10-17(22)11(2)28(26-10)8-15-25-19(32-27-15)18(30)24-6-5-23-16(29)9-31-12-3-4-13(20)14(21)7-12/h3-4,7H,5-6,8-9H2,1-2H3,(H,23,29)(H,24,30). The first-order chi connectivity index (χ1) is 15.2. The number of aryl methyl sites for hydroxylation is 1. The number of nitrogens with zero attached hydrogens (tertiary/aromatic N) is 4. The van der Waals surface area contributed by atoms with E-state index in [1.807, 2.05) is 6.92 Å². The number of rotatable bonds is 9. The largest absolute Gasteiger partial charge is 0.484 e. The number of hydrogen-bond acceptors (Lipinski definition) is 7. The fourth-order valence-electron chi connectivity index (χ4n) is 2.59. The highest BCUT2D eigenvalue weighted by atomic mass is 35.5. The Labute approximate surface area is 198 Å². The van der Waals surface area contributed by atoms with Gasteiger partial charge in [-0.2, -0.15) is 10.1 Å². The summed E-state index contributed by atoms with van der Waals surface area (Å²) in [4.78, 5) is 28.0. The van der Waals surface area contributed by atoms with Gasteiger partial charge >= 0.3 is 11.8 Å². The summed E-state index contributed by atoms with van der Waals surface area (Å²) in [5.41, 5.74) is 1.45. The number of carbonyl (C=O) groups excluding carboxylic acids is 2. The number of benzene rings is 1. The number of halogens is 3. The Hall–Kier alpha value is -2.82. The minimum Gasteiger partial charge on any atom is -0.484 e. The van der Waals surface area contributed by atoms with Crippen molar-refractivity contribution in [2.75, 3.05) is 19.7 Å². The summed E-state index contributed by atoms with van der Waals surface area (Å²) in [7, 11) is 0. The highest BCUT2D eigenvalue weighted by Crippen LogP contribution is 2.26. The van der Waals surface area contributed by atoms with Crippen molar-refractivity contribution in [3.05, 3.63) is 56.4 Å². The van der Waals surface area contributed by atoms with E-state index in [-0.39, 0.29) is 43.9 Å². The van der Waals surface area contributed by atoms with Gasteiger partial charge in [0.15, 0.2) is 12.4 Å². The van der Waals surface area contributed by atoms with Gasteiger partial charge in [-0.05, 0) is 26.0 Å². The first-order valence-corrected chi connectivity index (χ1v) is 10.5. The Bertz CT molecular complexity index is 1130. The maximum Gasteiger partial charge on any atom is 0.316 e. The van der Waals surface area contributed by atoms with Crippen LogP contribution in [0, 0.1) is 13.8 Å². The third kappa shape index (κ3) is 6.12. The molecule has 0 fully saturated rings. The molecule has 2 N–H and O–H groups in total. The Kier molecular flexibility index (Phi) is 7.94. The Balaban J connectivity index is 1.39. The number of carbonyl (C=O) groups is 2. The summed E-state index contributed by atoms with van der Waals surface area (Å²) in [5, 5.41) is 14.5. The average Bonchev–Trinajstić information content (AvgIpc) is 3.33. The molecule has 2 aromatic heterocycles. The van der Waals surface area contributed by atoms with E-state index in [4.69, 9.17) is 44.1 Å². The third-order valence-corrected chi connectivity index (χ3v) is 5.53. The molecule has 0 radical (unpaired) electrons. The molecule has 0 spiro atoms. The molecule has 3 aromatic rings. The van der Waals surface area contributed by atoms with Crippen molar-refractivity contribution in [3.63, 3.8) is 0 Å². The quantitative estimate of drug-likeness (QED) is 0.432. The van der Waals surface area contributed by atoms with Crippen LogP contribution in [0.1, 0.15) is 27.9 Å². The molecule has 0 aliphatic carbocycles. The Morgan fingerprint density at radius 3 is 2.56 bits per heavy atom. The SMILES string of the molecule is Cc1nn(Cc2noc(C(=O)NCCNC(=O)COc3ccc(Cl)c(Cl)c3)n2)c(C)c1Cl. The molecule has 10 nitrogen and oxygen atoms in total. The second-order valence-corrected chi connectivity index (χ2v) is 7.82. The summed E-state index contributed by atoms with van der Waals surface area (Å²) in [6, 6.07) is 4.69. The molecular weight excluding hydrogens is 483 g/mol. The highest BCUT2D eigenvalue weighted by molar-refractivity contribution is 6.42. The smallest absolute Gasteiger partial charge is 0.316 e. The lowest BCUT2D eigenvalue weighted by molar-refractivity contribution is -0.123. The van der Waals surface area contributed by atoms with E-state index in [1.54, 1.807) is 23.7 Å². The van der Waals surface area contributed by atoms with Crippen LogP contribution in [0.4, 0.5) is 0 Å². The molecule has 170 valence electrons. The van der Waals surface area contributed by atoms with Crippen molar-refractivity contribution in [1.29, 1.82) is 0 Å². The molecule has 2 amide bonds. The summed E-state index contributed by atoms with van der Waals surface area (Å²) >= 11 is 17.8. The van der Waals surface area contributed by atoms with Crippen LogP contribution in [0.25, 0.3) is 0 Å². The van der Waals surface area contributed by atoms with Crippen LogP contribution in [0.3, 0.4) is 0 Å². The molecule has 0 saturated heterocycles. The van der Waals surface area contributed by atoms with Crippen molar-refractivity contribution in [2.24, 2.45) is 0 Å². The summed E-state index contributed by atoms with van der Waals surface area (Å²) < 4.78 is 11.9. The van der Waals surface area contributed by atoms with Crippen molar-refractivity contribution < 1.29 is 18.8 Å². The fourth-order valence-corrected chi connectivity index (χ4v) is 3.02. The third-order valence-electron chi connectivity index (χ3n) is 4.24. The van der Waals surface area contributed by atoms with Gasteiger partial charge in [0, 0.05) is 19.2 Å². The number of aromatic nitrogens is 4. The minimum absolute atomic E-state index is 0.155. The van der Waals surface area contributed by atoms with Gasteiger partial charge in [0.05, 0.1) is 26.5 Å². The van der Waals surface area contributed by atoms with Gasteiger partial charge in [-0.1, -0.05) is 40.0 Å². The monoisotopic (exact) mass is 500 g/mol. The van der Waals surface area contributed by atoms with Gasteiger partial charge < -0.3 is 19.9 Å². The van der Waals surface area contributed by atoms with Crippen LogP contribution in [-0.2, 0) is 11.3 Å². The van der Waals surface area contributed by atoms with E-state index < -0.39 is 5.91 Å². The Morgan fingerprint density at radius 2 is 1.88 bits per heavy atom. The lowest BCUT2D eigenvalue weighted by atomic mass is 10.3. The van der Waals surface area contributed by atoms with E-state index in [9.17, 15) is 9.59 Å². The number of nitrogens with one attached hydrogen (secondary N) is 2. The predicted octanol–water partition coefficient (Wildman–Crippen LogP) is 2.82. The van der Waals surface area contributed by atoms with Gasteiger partial charge in [0.1, 0.15) is 12.3 Å². The van der Waals surface area contributed by atoms with E-state index in [2.05, 4.69) is 25.9 Å². The summed E-state index contributed by atoms with van der Waals surface area (Å²) in [5.74, 6) is -0.421. The molecule has 0 atom stereocenters. The molecule has 0 aliphatic heterocycles. The van der Waals surface area contributed by atoms with Crippen molar-refractivity contribution >= 4 is 46.6 Å². The van der Waals surface area contributed by atoms with Crippen LogP contribution in [0.2, 0.25) is 15.1 Å². The van der Waals surface area contributed by atoms with Crippen molar-refractivity contribution in [1.82, 2.24) is 30.6 Å². The second kappa shape index (κ2) is 10.7. The number of amides is 2. The van der Waals surface area contributed by atoms with E-state index in [1.165, 1.54) is 6.07 Å². The zero-order chi connectivity index (χ0) is 23.3. The summed E-state index contributed by atoms with van der Waals surface area (Å²) in [6.45, 7) is 3.95. The molecule has 32 heavy (non-hydrogen) atoms. The Morgan fingerprint density at radius 1 is 1.12 bits per heavy atom. The fraction of sp³-hybridized carbons (Fsp3) is 0.316. The van der Waals surface area contributed by atoms with Crippen LogP contribution < -0.4 is 15.4 Å². The predicted molar refractivity (Wildman–Crippen MR) is 117 cm³/mol. The van der Waals surface area contributed by atoms with Gasteiger partial charge in [0.2, 0.25) is 0 Å². The van der Waals surface area contributed by atoms with Crippen LogP contribution in [0.5, 0.6) is 5.75 Å². The molecule has 0 aliphatic rings. The lowest BCUT2D eigenvalue weighted by Crippen LogP contribution is -2.36. The van der Waals surface area contributed by atoms with E-state index in [0.29, 0.717) is 26.5 Å². The molecule has 0 bridgehead atoms. The normalized spacial score (nSPS) is 10.8. The van der Waals surface area contributed by atoms with Gasteiger partial charge in [-0.3, -0.25) is 14.3 Å². The van der Waals surface area contributed by atoms with E-state index in [0.717, 1.165) is 5.69 Å². The van der Waals surface area contributed by atoms with Crippen molar-refractivity contribution in [2.45, 2.75) is 20.4 Å². The van der Waals surface area contributed by atoms with Gasteiger partial charge in [0.25, 0.3) is 5.91 Å². The van der Waals surface area contributed by atoms with Gasteiger partial charge in [-0.25, -0.2) is 0 Å². The first kappa shape index (κ1) is 23.8. The number of hydrogen-bond donors (Lipinski definition) is 2. The molecule has 1 aromatic carbocycles. The zero-order valence-corrected chi connectivity index (χ0v) is 19.4. The molecule has 3 rings (SSSR count). The molecular formula is C19H19Cl3N6O4. The number of ether oxygens (including phenoxy) is 1. The van der Waals surface area contributed by atoms with E-state index >= 15 is 0 Å². The van der Waals surface area contributed by atoms with Crippen LogP contribution in [0.15, 0.2) is 22.7 Å². The van der Waals surface area contributed by atoms with Crippen LogP contribution >= 0.6 is 34.8 Å². The average molecular weight is 502 g/mol. The van der Waals surface area contributed by atoms with Crippen molar-refractivity contribution in [3.8, 4) is 5.75 Å². The first-order valence-electron chi connectivity index (χ1n) is 9.39. The van der Waals surface area contributed by atoms with Gasteiger partial charge in [-0.15, -0.1) is 0 Å². The maximum atomic E-state index is 12.1.